The van der Waals surface area contributed by atoms with Crippen molar-refractivity contribution in [2.75, 3.05) is 26.9 Å². The van der Waals surface area contributed by atoms with Gasteiger partial charge in [0.15, 0.2) is 5.79 Å². The van der Waals surface area contributed by atoms with E-state index in [4.69, 9.17) is 30.5 Å². The van der Waals surface area contributed by atoms with Crippen LogP contribution in [0, 0.1) is 0 Å². The maximum absolute atomic E-state index is 10.1. The zero-order valence-corrected chi connectivity index (χ0v) is 19.8. The van der Waals surface area contributed by atoms with Crippen LogP contribution >= 0.6 is 11.6 Å². The average Bonchev–Trinajstić information content (AvgIpc) is 3.33. The van der Waals surface area contributed by atoms with E-state index in [0.29, 0.717) is 18.1 Å². The largest absolute Gasteiger partial charge is 0.488 e. The average molecular weight is 481 g/mol. The summed E-state index contributed by atoms with van der Waals surface area (Å²) in [6, 6.07) is 7.95. The van der Waals surface area contributed by atoms with Gasteiger partial charge in [0.05, 0.1) is 25.9 Å². The van der Waals surface area contributed by atoms with Crippen molar-refractivity contribution in [3.8, 4) is 5.75 Å². The van der Waals surface area contributed by atoms with Gasteiger partial charge in [-0.1, -0.05) is 35.9 Å². The van der Waals surface area contributed by atoms with Gasteiger partial charge in [-0.15, -0.1) is 0 Å². The molecule has 0 saturated carbocycles. The maximum atomic E-state index is 10.1. The number of hydrogen-bond donors (Lipinski definition) is 3. The number of ether oxygens (including phenoxy) is 4. The molecule has 1 aromatic carbocycles. The summed E-state index contributed by atoms with van der Waals surface area (Å²) in [5.74, 6) is -0.442. The fraction of sp³-hybridized carbons (Fsp3) is 0.520. The summed E-state index contributed by atoms with van der Waals surface area (Å²) in [5.41, 5.74) is 2.04. The summed E-state index contributed by atoms with van der Waals surface area (Å²) in [6.07, 6.45) is 5.49. The lowest BCUT2D eigenvalue weighted by molar-refractivity contribution is -0.291. The predicted molar refractivity (Wildman–Crippen MR) is 125 cm³/mol. The topological polar surface area (TPSA) is 97.6 Å². The van der Waals surface area contributed by atoms with Gasteiger partial charge in [-0.2, -0.15) is 0 Å². The monoisotopic (exact) mass is 480 g/mol. The second kappa shape index (κ2) is 12.1. The van der Waals surface area contributed by atoms with Gasteiger partial charge >= 0.3 is 0 Å². The van der Waals surface area contributed by atoms with E-state index in [1.165, 1.54) is 7.11 Å². The van der Waals surface area contributed by atoms with Gasteiger partial charge in [-0.25, -0.2) is 0 Å². The Morgan fingerprint density at radius 2 is 2.03 bits per heavy atom. The molecule has 2 aliphatic rings. The van der Waals surface area contributed by atoms with Crippen LogP contribution in [-0.4, -0.2) is 72.5 Å². The molecule has 3 rings (SSSR count). The predicted octanol–water partition coefficient (Wildman–Crippen LogP) is 2.87. The van der Waals surface area contributed by atoms with Crippen LogP contribution in [-0.2, 0) is 20.6 Å². The van der Waals surface area contributed by atoms with Crippen molar-refractivity contribution >= 4 is 11.6 Å². The zero-order chi connectivity index (χ0) is 23.8. The fourth-order valence-electron chi connectivity index (χ4n) is 3.90. The van der Waals surface area contributed by atoms with Crippen LogP contribution in [0.5, 0.6) is 5.75 Å². The molecule has 2 aliphatic heterocycles. The second-order valence-electron chi connectivity index (χ2n) is 8.23. The molecule has 1 aromatic rings. The molecule has 0 spiro atoms. The van der Waals surface area contributed by atoms with Crippen molar-refractivity contribution in [1.29, 1.82) is 0 Å². The smallest absolute Gasteiger partial charge is 0.190 e. The van der Waals surface area contributed by atoms with Crippen molar-refractivity contribution < 1.29 is 34.3 Å². The lowest BCUT2D eigenvalue weighted by atomic mass is 9.95. The Kier molecular flexibility index (Phi) is 9.52. The molecule has 0 aliphatic carbocycles. The summed E-state index contributed by atoms with van der Waals surface area (Å²) >= 11 is 6.55. The van der Waals surface area contributed by atoms with Gasteiger partial charge < -0.3 is 34.3 Å². The van der Waals surface area contributed by atoms with Crippen molar-refractivity contribution in [2.24, 2.45) is 0 Å². The van der Waals surface area contributed by atoms with Crippen LogP contribution in [0.15, 0.2) is 59.2 Å². The van der Waals surface area contributed by atoms with E-state index >= 15 is 0 Å². The van der Waals surface area contributed by atoms with Crippen LogP contribution in [0.1, 0.15) is 25.3 Å². The molecule has 8 heteroatoms. The lowest BCUT2D eigenvalue weighted by Crippen LogP contribution is -2.55. The Balaban J connectivity index is 1.62. The molecule has 7 nitrogen and oxygen atoms in total. The third-order valence-corrected chi connectivity index (χ3v) is 6.27. The minimum Gasteiger partial charge on any atom is -0.488 e. The maximum Gasteiger partial charge on any atom is 0.190 e. The Morgan fingerprint density at radius 3 is 2.64 bits per heavy atom. The molecule has 2 saturated heterocycles. The number of aliphatic hydroxyl groups is 3. The number of allylic oxidation sites excluding steroid dienone is 5. The molecule has 5 atom stereocenters. The molecule has 2 heterocycles. The normalized spacial score (nSPS) is 31.3. The number of benzene rings is 1. The highest BCUT2D eigenvalue weighted by atomic mass is 35.5. The molecule has 0 aromatic heterocycles. The van der Waals surface area contributed by atoms with Crippen molar-refractivity contribution in [2.45, 2.75) is 56.4 Å². The number of rotatable bonds is 9. The van der Waals surface area contributed by atoms with Gasteiger partial charge in [0.2, 0.25) is 0 Å². The first-order valence-electron chi connectivity index (χ1n) is 11.1. The van der Waals surface area contributed by atoms with Gasteiger partial charge in [-0.05, 0) is 48.8 Å². The van der Waals surface area contributed by atoms with Gasteiger partial charge in [-0.3, -0.25) is 0 Å². The van der Waals surface area contributed by atoms with Gasteiger partial charge in [0.1, 0.15) is 24.1 Å². The molecule has 33 heavy (non-hydrogen) atoms. The summed E-state index contributed by atoms with van der Waals surface area (Å²) in [5, 5.41) is 30.0. The lowest BCUT2D eigenvalue weighted by Gasteiger charge is -2.42. The summed E-state index contributed by atoms with van der Waals surface area (Å²) in [7, 11) is 1.44. The first kappa shape index (κ1) is 25.9. The van der Waals surface area contributed by atoms with Crippen LogP contribution in [0.4, 0.5) is 0 Å². The number of hydrogen-bond acceptors (Lipinski definition) is 7. The summed E-state index contributed by atoms with van der Waals surface area (Å²) in [4.78, 5) is 0. The first-order valence-corrected chi connectivity index (χ1v) is 11.5. The Bertz CT molecular complexity index is 845. The van der Waals surface area contributed by atoms with Gasteiger partial charge in [0, 0.05) is 25.0 Å². The number of halogens is 1. The summed E-state index contributed by atoms with van der Waals surface area (Å²) in [6.45, 7) is 2.87. The highest BCUT2D eigenvalue weighted by Gasteiger charge is 2.44. The van der Waals surface area contributed by atoms with E-state index in [9.17, 15) is 15.3 Å². The number of aliphatic hydroxyl groups excluding tert-OH is 3. The Morgan fingerprint density at radius 1 is 1.27 bits per heavy atom. The zero-order valence-electron chi connectivity index (χ0n) is 19.0. The molecule has 2 unspecified atom stereocenters. The van der Waals surface area contributed by atoms with Crippen molar-refractivity contribution in [1.82, 2.24) is 0 Å². The van der Waals surface area contributed by atoms with E-state index in [2.05, 4.69) is 0 Å². The third kappa shape index (κ3) is 6.90. The Hall–Kier alpha value is -1.71. The highest BCUT2D eigenvalue weighted by Crippen LogP contribution is 2.32. The molecular formula is C25H33ClO7. The molecule has 0 bridgehead atoms. The fourth-order valence-corrected chi connectivity index (χ4v) is 4.15. The van der Waals surface area contributed by atoms with E-state index in [-0.39, 0.29) is 12.5 Å². The Labute approximate surface area is 199 Å². The van der Waals surface area contributed by atoms with E-state index < -0.39 is 30.7 Å². The van der Waals surface area contributed by atoms with Crippen LogP contribution in [0.25, 0.3) is 0 Å². The molecule has 2 fully saturated rings. The molecule has 0 amide bonds. The van der Waals surface area contributed by atoms with Crippen LogP contribution in [0.2, 0.25) is 0 Å². The van der Waals surface area contributed by atoms with Gasteiger partial charge in [0.25, 0.3) is 0 Å². The van der Waals surface area contributed by atoms with Crippen molar-refractivity contribution in [3.63, 3.8) is 0 Å². The first-order chi connectivity index (χ1) is 15.9. The van der Waals surface area contributed by atoms with E-state index in [1.54, 1.807) is 18.2 Å². The quantitative estimate of drug-likeness (QED) is 0.467. The minimum absolute atomic E-state index is 0.0288. The minimum atomic E-state index is -1.27. The molecule has 0 radical (unpaired) electrons. The third-order valence-electron chi connectivity index (χ3n) is 5.90. The molecule has 182 valence electrons. The van der Waals surface area contributed by atoms with Crippen LogP contribution < -0.4 is 4.74 Å². The van der Waals surface area contributed by atoms with Crippen molar-refractivity contribution in [3.05, 3.63) is 64.7 Å². The molecular weight excluding hydrogens is 448 g/mol. The number of methoxy groups -OCH3 is 1. The highest BCUT2D eigenvalue weighted by molar-refractivity contribution is 6.32. The second-order valence-corrected chi connectivity index (χ2v) is 8.64. The summed E-state index contributed by atoms with van der Waals surface area (Å²) < 4.78 is 22.4. The van der Waals surface area contributed by atoms with E-state index in [0.717, 1.165) is 29.9 Å². The van der Waals surface area contributed by atoms with Crippen LogP contribution in [0.3, 0.4) is 0 Å². The van der Waals surface area contributed by atoms with E-state index in [1.807, 2.05) is 37.3 Å². The molecule has 3 N–H and O–H groups in total. The standard InChI is InChI=1S/C25H33ClO7/c1-3-18(13-17-6-8-19(9-7-17)32-20-10-12-31-16-20)21(26)5-4-11-25(30-2)14-22(28)24(29)23(15-27)33-25/h3-9,11,20,22-24,27-29H,10,12-16H2,1-2H3/b11-4+,18-3-,21-5+/t20?,22?,23-,24+,25+/m1/s1. The SMILES string of the molecule is C\C=C(Cc1ccc(OC2CCOC2)cc1)/C(Cl)=C\C=C\[C@@]1(OC)CC(O)[C@H](O)[C@@H](CO)O1.